The van der Waals surface area contributed by atoms with Crippen molar-refractivity contribution in [1.29, 1.82) is 0 Å². The summed E-state index contributed by atoms with van der Waals surface area (Å²) in [6.07, 6.45) is 2.58. The molecule has 1 rings (SSSR count). The average Bonchev–Trinajstić information content (AvgIpc) is 2.27. The first kappa shape index (κ1) is 13.8. The van der Waals surface area contributed by atoms with Gasteiger partial charge in [0.25, 0.3) is 0 Å². The van der Waals surface area contributed by atoms with Gasteiger partial charge < -0.3 is 9.53 Å². The van der Waals surface area contributed by atoms with Crippen molar-refractivity contribution in [3.05, 3.63) is 28.3 Å². The minimum absolute atomic E-state index is 0.269. The van der Waals surface area contributed by atoms with Crippen LogP contribution < -0.4 is 4.74 Å². The SMILES string of the molecule is COc1cc(C)c(CCCC(C)=O)c(C)c1C. The molecular formula is C15H22O2. The van der Waals surface area contributed by atoms with Crippen molar-refractivity contribution < 1.29 is 9.53 Å². The number of aryl methyl sites for hydroxylation is 1. The van der Waals surface area contributed by atoms with Crippen LogP contribution in [0.25, 0.3) is 0 Å². The van der Waals surface area contributed by atoms with Crippen LogP contribution in [-0.4, -0.2) is 12.9 Å². The normalized spacial score (nSPS) is 10.4. The highest BCUT2D eigenvalue weighted by Crippen LogP contribution is 2.28. The summed E-state index contributed by atoms with van der Waals surface area (Å²) < 4.78 is 5.35. The maximum absolute atomic E-state index is 11.0. The van der Waals surface area contributed by atoms with Gasteiger partial charge >= 0.3 is 0 Å². The van der Waals surface area contributed by atoms with Crippen LogP contribution in [0.2, 0.25) is 0 Å². The molecule has 0 amide bonds. The van der Waals surface area contributed by atoms with E-state index in [4.69, 9.17) is 4.74 Å². The third kappa shape index (κ3) is 3.32. The van der Waals surface area contributed by atoms with E-state index in [0.717, 1.165) is 18.6 Å². The smallest absolute Gasteiger partial charge is 0.129 e. The van der Waals surface area contributed by atoms with Gasteiger partial charge in [-0.25, -0.2) is 0 Å². The second-order valence-electron chi connectivity index (χ2n) is 4.68. The van der Waals surface area contributed by atoms with Crippen LogP contribution in [0.5, 0.6) is 5.75 Å². The lowest BCUT2D eigenvalue weighted by atomic mass is 9.93. The van der Waals surface area contributed by atoms with Gasteiger partial charge in [-0.1, -0.05) is 0 Å². The number of Topliss-reactive ketones (excluding diaryl/α,β-unsaturated/α-hetero) is 1. The first-order valence-corrected chi connectivity index (χ1v) is 6.10. The summed E-state index contributed by atoms with van der Waals surface area (Å²) in [5, 5.41) is 0. The minimum atomic E-state index is 0.269. The molecule has 0 saturated carbocycles. The molecule has 1 aromatic carbocycles. The third-order valence-corrected chi connectivity index (χ3v) is 3.38. The lowest BCUT2D eigenvalue weighted by Crippen LogP contribution is -2.01. The Hall–Kier alpha value is -1.31. The van der Waals surface area contributed by atoms with Crippen molar-refractivity contribution in [3.8, 4) is 5.75 Å². The van der Waals surface area contributed by atoms with E-state index in [0.29, 0.717) is 6.42 Å². The monoisotopic (exact) mass is 234 g/mol. The zero-order valence-corrected chi connectivity index (χ0v) is 11.5. The summed E-state index contributed by atoms with van der Waals surface area (Å²) in [6, 6.07) is 2.09. The summed E-state index contributed by atoms with van der Waals surface area (Å²) in [5.41, 5.74) is 5.12. The van der Waals surface area contributed by atoms with Crippen molar-refractivity contribution in [2.24, 2.45) is 0 Å². The van der Waals surface area contributed by atoms with Gasteiger partial charge in [0, 0.05) is 6.42 Å². The molecule has 0 bridgehead atoms. The molecule has 1 aromatic rings. The Balaban J connectivity index is 2.92. The van der Waals surface area contributed by atoms with Crippen molar-refractivity contribution >= 4 is 5.78 Å². The first-order valence-electron chi connectivity index (χ1n) is 6.10. The van der Waals surface area contributed by atoms with Gasteiger partial charge in [-0.2, -0.15) is 0 Å². The summed E-state index contributed by atoms with van der Waals surface area (Å²) in [6.45, 7) is 7.98. The largest absolute Gasteiger partial charge is 0.496 e. The number of carbonyl (C=O) groups is 1. The Morgan fingerprint density at radius 3 is 2.41 bits per heavy atom. The summed E-state index contributed by atoms with van der Waals surface area (Å²) in [5.74, 6) is 1.22. The van der Waals surface area contributed by atoms with Gasteiger partial charge in [-0.3, -0.25) is 0 Å². The molecule has 0 unspecified atom stereocenters. The minimum Gasteiger partial charge on any atom is -0.496 e. The molecule has 2 nitrogen and oxygen atoms in total. The van der Waals surface area contributed by atoms with E-state index in [-0.39, 0.29) is 5.78 Å². The summed E-state index contributed by atoms with van der Waals surface area (Å²) in [4.78, 5) is 11.0. The quantitative estimate of drug-likeness (QED) is 0.779. The molecule has 0 fully saturated rings. The molecule has 0 aliphatic heterocycles. The number of ether oxygens (including phenoxy) is 1. The second kappa shape index (κ2) is 5.85. The second-order valence-corrected chi connectivity index (χ2v) is 4.68. The zero-order chi connectivity index (χ0) is 13.0. The van der Waals surface area contributed by atoms with Crippen LogP contribution in [0.4, 0.5) is 0 Å². The number of ketones is 1. The Labute approximate surface area is 104 Å². The molecule has 0 saturated heterocycles. The highest BCUT2D eigenvalue weighted by atomic mass is 16.5. The summed E-state index contributed by atoms with van der Waals surface area (Å²) >= 11 is 0. The lowest BCUT2D eigenvalue weighted by Gasteiger charge is -2.15. The van der Waals surface area contributed by atoms with E-state index in [1.807, 2.05) is 0 Å². The molecule has 2 heteroatoms. The molecule has 94 valence electrons. The molecule has 0 radical (unpaired) electrons. The Morgan fingerprint density at radius 2 is 1.88 bits per heavy atom. The van der Waals surface area contributed by atoms with E-state index >= 15 is 0 Å². The first-order chi connectivity index (χ1) is 7.97. The maximum atomic E-state index is 11.0. The third-order valence-electron chi connectivity index (χ3n) is 3.38. The lowest BCUT2D eigenvalue weighted by molar-refractivity contribution is -0.117. The fraction of sp³-hybridized carbons (Fsp3) is 0.533. The highest BCUT2D eigenvalue weighted by Gasteiger charge is 2.10. The predicted molar refractivity (Wildman–Crippen MR) is 70.8 cm³/mol. The number of benzene rings is 1. The molecule has 0 N–H and O–H groups in total. The Morgan fingerprint density at radius 1 is 1.24 bits per heavy atom. The molecule has 0 spiro atoms. The standard InChI is InChI=1S/C15H22O2/c1-10-9-15(17-5)13(4)12(3)14(10)8-6-7-11(2)16/h9H,6-8H2,1-5H3. The van der Waals surface area contributed by atoms with Crippen LogP contribution in [0.1, 0.15) is 42.0 Å². The van der Waals surface area contributed by atoms with E-state index in [2.05, 4.69) is 26.8 Å². The number of hydrogen-bond donors (Lipinski definition) is 0. The molecule has 0 heterocycles. The fourth-order valence-corrected chi connectivity index (χ4v) is 2.21. The fourth-order valence-electron chi connectivity index (χ4n) is 2.21. The van der Waals surface area contributed by atoms with E-state index in [1.165, 1.54) is 22.3 Å². The predicted octanol–water partition coefficient (Wildman–Crippen LogP) is 3.53. The number of carbonyl (C=O) groups excluding carboxylic acids is 1. The Kier molecular flexibility index (Phi) is 4.73. The van der Waals surface area contributed by atoms with Gasteiger partial charge in [0.05, 0.1) is 7.11 Å². The van der Waals surface area contributed by atoms with Crippen molar-refractivity contribution in [1.82, 2.24) is 0 Å². The van der Waals surface area contributed by atoms with Crippen molar-refractivity contribution in [2.45, 2.75) is 47.0 Å². The van der Waals surface area contributed by atoms with E-state index < -0.39 is 0 Å². The number of hydrogen-bond acceptors (Lipinski definition) is 2. The molecule has 17 heavy (non-hydrogen) atoms. The topological polar surface area (TPSA) is 26.3 Å². The van der Waals surface area contributed by atoms with Crippen LogP contribution >= 0.6 is 0 Å². The molecule has 0 aliphatic carbocycles. The van der Waals surface area contributed by atoms with E-state index in [9.17, 15) is 4.79 Å². The van der Waals surface area contributed by atoms with Crippen molar-refractivity contribution in [3.63, 3.8) is 0 Å². The molecule has 0 atom stereocenters. The maximum Gasteiger partial charge on any atom is 0.129 e. The van der Waals surface area contributed by atoms with E-state index in [1.54, 1.807) is 14.0 Å². The molecular weight excluding hydrogens is 212 g/mol. The Bertz CT molecular complexity index is 419. The molecule has 0 aromatic heterocycles. The number of methoxy groups -OCH3 is 1. The molecule has 0 aliphatic rings. The average molecular weight is 234 g/mol. The van der Waals surface area contributed by atoms with Gasteiger partial charge in [-0.15, -0.1) is 0 Å². The van der Waals surface area contributed by atoms with Gasteiger partial charge in [-0.05, 0) is 68.9 Å². The van der Waals surface area contributed by atoms with Gasteiger partial charge in [0.1, 0.15) is 11.5 Å². The van der Waals surface area contributed by atoms with Crippen molar-refractivity contribution in [2.75, 3.05) is 7.11 Å². The van der Waals surface area contributed by atoms with Crippen LogP contribution in [0.3, 0.4) is 0 Å². The van der Waals surface area contributed by atoms with Crippen LogP contribution in [-0.2, 0) is 11.2 Å². The number of rotatable bonds is 5. The van der Waals surface area contributed by atoms with Crippen LogP contribution in [0.15, 0.2) is 6.07 Å². The highest BCUT2D eigenvalue weighted by molar-refractivity contribution is 5.75. The summed E-state index contributed by atoms with van der Waals surface area (Å²) in [7, 11) is 1.70. The van der Waals surface area contributed by atoms with Gasteiger partial charge in [0.2, 0.25) is 0 Å². The van der Waals surface area contributed by atoms with Crippen LogP contribution in [0, 0.1) is 20.8 Å². The zero-order valence-electron chi connectivity index (χ0n) is 11.5. The van der Waals surface area contributed by atoms with Gasteiger partial charge in [0.15, 0.2) is 0 Å².